The summed E-state index contributed by atoms with van der Waals surface area (Å²) in [6.45, 7) is 10.6. The average molecular weight is 368 g/mol. The third-order valence-corrected chi connectivity index (χ3v) is 4.38. The minimum atomic E-state index is -0.272. The number of nitrogens with zero attached hydrogens (tertiary/aromatic N) is 2. The van der Waals surface area contributed by atoms with Crippen molar-refractivity contribution in [2.24, 2.45) is 0 Å². The summed E-state index contributed by atoms with van der Waals surface area (Å²) in [6, 6.07) is 9.10. The molecule has 0 bridgehead atoms. The van der Waals surface area contributed by atoms with Crippen molar-refractivity contribution in [2.45, 2.75) is 34.1 Å². The molecule has 1 aromatic heterocycles. The van der Waals surface area contributed by atoms with Crippen molar-refractivity contribution in [2.75, 3.05) is 29.9 Å². The molecule has 0 unspecified atom stereocenters. The molecule has 0 atom stereocenters. The number of benzene rings is 1. The number of amides is 2. The van der Waals surface area contributed by atoms with Gasteiger partial charge in [-0.3, -0.25) is 14.6 Å². The summed E-state index contributed by atoms with van der Waals surface area (Å²) < 4.78 is 0. The lowest BCUT2D eigenvalue weighted by molar-refractivity contribution is 0.0948. The van der Waals surface area contributed by atoms with Crippen LogP contribution in [0.1, 0.15) is 53.6 Å². The number of aromatic nitrogens is 1. The molecular weight excluding hydrogens is 340 g/mol. The van der Waals surface area contributed by atoms with Gasteiger partial charge in [-0.25, -0.2) is 0 Å². The highest BCUT2D eigenvalue weighted by Crippen LogP contribution is 2.23. The number of nitrogens with one attached hydrogen (secondary N) is 2. The van der Waals surface area contributed by atoms with Crippen LogP contribution < -0.4 is 15.5 Å². The third-order valence-electron chi connectivity index (χ3n) is 4.38. The number of carbonyl (C=O) groups is 2. The van der Waals surface area contributed by atoms with Gasteiger partial charge in [-0.05, 0) is 63.1 Å². The van der Waals surface area contributed by atoms with E-state index in [-0.39, 0.29) is 17.5 Å². The summed E-state index contributed by atoms with van der Waals surface area (Å²) in [4.78, 5) is 30.9. The largest absolute Gasteiger partial charge is 0.372 e. The van der Waals surface area contributed by atoms with E-state index in [1.54, 1.807) is 6.07 Å². The van der Waals surface area contributed by atoms with Crippen molar-refractivity contribution in [1.82, 2.24) is 10.3 Å². The zero-order valence-corrected chi connectivity index (χ0v) is 16.5. The van der Waals surface area contributed by atoms with Crippen LogP contribution in [0.4, 0.5) is 11.4 Å². The van der Waals surface area contributed by atoms with Crippen LogP contribution in [0.25, 0.3) is 0 Å². The van der Waals surface area contributed by atoms with Crippen LogP contribution in [0.15, 0.2) is 36.5 Å². The van der Waals surface area contributed by atoms with Gasteiger partial charge >= 0.3 is 0 Å². The molecule has 0 aliphatic rings. The molecule has 6 nitrogen and oxygen atoms in total. The Labute approximate surface area is 161 Å². The Bertz CT molecular complexity index is 801. The van der Waals surface area contributed by atoms with E-state index in [1.807, 2.05) is 26.0 Å². The summed E-state index contributed by atoms with van der Waals surface area (Å²) in [5, 5.41) is 5.68. The predicted octanol–water partition coefficient (Wildman–Crippen LogP) is 3.63. The van der Waals surface area contributed by atoms with E-state index in [2.05, 4.69) is 40.4 Å². The van der Waals surface area contributed by atoms with E-state index >= 15 is 0 Å². The first-order chi connectivity index (χ1) is 13.0. The summed E-state index contributed by atoms with van der Waals surface area (Å²) in [6.07, 6.45) is 2.32. The Balaban J connectivity index is 2.14. The molecule has 1 aromatic carbocycles. The van der Waals surface area contributed by atoms with Crippen LogP contribution in [-0.4, -0.2) is 36.4 Å². The van der Waals surface area contributed by atoms with E-state index in [4.69, 9.17) is 0 Å². The molecule has 1 heterocycles. The van der Waals surface area contributed by atoms with Gasteiger partial charge in [0.1, 0.15) is 5.69 Å². The zero-order valence-electron chi connectivity index (χ0n) is 16.5. The summed E-state index contributed by atoms with van der Waals surface area (Å²) in [5.41, 5.74) is 3.52. The second kappa shape index (κ2) is 9.71. The first-order valence-corrected chi connectivity index (χ1v) is 9.41. The van der Waals surface area contributed by atoms with Crippen LogP contribution in [0, 0.1) is 6.92 Å². The molecule has 6 heteroatoms. The minimum absolute atomic E-state index is 0.240. The lowest BCUT2D eigenvalue weighted by Gasteiger charge is -2.22. The highest BCUT2D eigenvalue weighted by molar-refractivity contribution is 6.06. The minimum Gasteiger partial charge on any atom is -0.372 e. The summed E-state index contributed by atoms with van der Waals surface area (Å²) in [7, 11) is 0. The van der Waals surface area contributed by atoms with E-state index in [0.29, 0.717) is 12.1 Å². The van der Waals surface area contributed by atoms with Crippen molar-refractivity contribution < 1.29 is 9.59 Å². The molecule has 0 aliphatic carbocycles. The molecule has 144 valence electrons. The molecule has 0 spiro atoms. The Morgan fingerprint density at radius 3 is 2.41 bits per heavy atom. The van der Waals surface area contributed by atoms with Crippen LogP contribution in [0.3, 0.4) is 0 Å². The molecule has 0 radical (unpaired) electrons. The number of hydrogen-bond acceptors (Lipinski definition) is 4. The molecular formula is C21H28N4O2. The topological polar surface area (TPSA) is 74.3 Å². The van der Waals surface area contributed by atoms with Gasteiger partial charge in [0, 0.05) is 42.8 Å². The van der Waals surface area contributed by atoms with Crippen LogP contribution >= 0.6 is 0 Å². The van der Waals surface area contributed by atoms with E-state index in [1.165, 1.54) is 12.3 Å². The Kier molecular flexibility index (Phi) is 7.34. The number of hydrogen-bond donors (Lipinski definition) is 2. The monoisotopic (exact) mass is 368 g/mol. The Morgan fingerprint density at radius 2 is 1.78 bits per heavy atom. The lowest BCUT2D eigenvalue weighted by Crippen LogP contribution is -2.25. The van der Waals surface area contributed by atoms with Gasteiger partial charge in [-0.15, -0.1) is 0 Å². The van der Waals surface area contributed by atoms with Crippen molar-refractivity contribution in [3.05, 3.63) is 53.3 Å². The Hall–Kier alpha value is -2.89. The van der Waals surface area contributed by atoms with E-state index < -0.39 is 0 Å². The van der Waals surface area contributed by atoms with Gasteiger partial charge in [0.15, 0.2) is 0 Å². The van der Waals surface area contributed by atoms with Gasteiger partial charge in [-0.2, -0.15) is 0 Å². The molecule has 0 fully saturated rings. The van der Waals surface area contributed by atoms with Gasteiger partial charge < -0.3 is 15.5 Å². The first-order valence-electron chi connectivity index (χ1n) is 9.41. The number of rotatable bonds is 8. The zero-order chi connectivity index (χ0) is 19.8. The number of carbonyl (C=O) groups excluding carboxylic acids is 2. The SMILES string of the molecule is CCCNC(=O)c1cc(C(=O)Nc2ccc(N(CC)CC)cc2C)ccn1. The molecule has 2 rings (SSSR count). The smallest absolute Gasteiger partial charge is 0.269 e. The molecule has 0 aliphatic heterocycles. The van der Waals surface area contributed by atoms with Gasteiger partial charge in [-0.1, -0.05) is 6.92 Å². The predicted molar refractivity (Wildman–Crippen MR) is 110 cm³/mol. The molecule has 0 saturated carbocycles. The maximum atomic E-state index is 12.6. The standard InChI is InChI=1S/C21H28N4O2/c1-5-11-23-21(27)19-14-16(10-12-22-19)20(26)24-18-9-8-17(13-15(18)4)25(6-2)7-3/h8-10,12-14H,5-7,11H2,1-4H3,(H,23,27)(H,24,26). The van der Waals surface area contributed by atoms with Crippen molar-refractivity contribution in [3.8, 4) is 0 Å². The second-order valence-electron chi connectivity index (χ2n) is 6.31. The highest BCUT2D eigenvalue weighted by atomic mass is 16.2. The first kappa shape index (κ1) is 20.4. The lowest BCUT2D eigenvalue weighted by atomic mass is 10.1. The number of aryl methyl sites for hydroxylation is 1. The summed E-state index contributed by atoms with van der Waals surface area (Å²) >= 11 is 0. The number of anilines is 2. The van der Waals surface area contributed by atoms with Crippen molar-refractivity contribution >= 4 is 23.2 Å². The molecule has 0 saturated heterocycles. The average Bonchev–Trinajstić information content (AvgIpc) is 2.69. The normalized spacial score (nSPS) is 10.4. The van der Waals surface area contributed by atoms with E-state index in [0.717, 1.165) is 36.4 Å². The quantitative estimate of drug-likeness (QED) is 0.746. The van der Waals surface area contributed by atoms with Gasteiger partial charge in [0.2, 0.25) is 0 Å². The molecule has 2 N–H and O–H groups in total. The van der Waals surface area contributed by atoms with Gasteiger partial charge in [0.05, 0.1) is 0 Å². The summed E-state index contributed by atoms with van der Waals surface area (Å²) in [5.74, 6) is -0.535. The fourth-order valence-corrected chi connectivity index (χ4v) is 2.79. The number of pyridine rings is 1. The van der Waals surface area contributed by atoms with E-state index in [9.17, 15) is 9.59 Å². The fourth-order valence-electron chi connectivity index (χ4n) is 2.79. The molecule has 2 amide bonds. The Morgan fingerprint density at radius 1 is 1.04 bits per heavy atom. The van der Waals surface area contributed by atoms with Crippen LogP contribution in [0.2, 0.25) is 0 Å². The highest BCUT2D eigenvalue weighted by Gasteiger charge is 2.13. The molecule has 27 heavy (non-hydrogen) atoms. The maximum absolute atomic E-state index is 12.6. The second-order valence-corrected chi connectivity index (χ2v) is 6.31. The fraction of sp³-hybridized carbons (Fsp3) is 0.381. The van der Waals surface area contributed by atoms with Crippen LogP contribution in [0.5, 0.6) is 0 Å². The molecule has 2 aromatic rings. The van der Waals surface area contributed by atoms with Crippen molar-refractivity contribution in [1.29, 1.82) is 0 Å². The van der Waals surface area contributed by atoms with Crippen molar-refractivity contribution in [3.63, 3.8) is 0 Å². The third kappa shape index (κ3) is 5.29. The van der Waals surface area contributed by atoms with Gasteiger partial charge in [0.25, 0.3) is 11.8 Å². The van der Waals surface area contributed by atoms with Crippen LogP contribution in [-0.2, 0) is 0 Å². The maximum Gasteiger partial charge on any atom is 0.269 e.